The van der Waals surface area contributed by atoms with Crippen LogP contribution in [-0.2, 0) is 6.42 Å². The van der Waals surface area contributed by atoms with Crippen LogP contribution in [-0.4, -0.2) is 5.24 Å². The Labute approximate surface area is 119 Å². The molecule has 0 aliphatic rings. The second kappa shape index (κ2) is 6.53. The average molecular weight is 273 g/mol. The van der Waals surface area contributed by atoms with Crippen LogP contribution in [0.3, 0.4) is 0 Å². The molecule has 2 heteroatoms. The Morgan fingerprint density at radius 1 is 0.947 bits per heavy atom. The molecule has 0 amide bonds. The number of benzene rings is 2. The molecule has 0 fully saturated rings. The molecule has 0 aromatic heterocycles. The summed E-state index contributed by atoms with van der Waals surface area (Å²) in [7, 11) is 0. The molecule has 0 saturated carbocycles. The van der Waals surface area contributed by atoms with Crippen molar-refractivity contribution >= 4 is 16.8 Å². The molecule has 19 heavy (non-hydrogen) atoms. The van der Waals surface area contributed by atoms with Crippen LogP contribution in [0, 0.1) is 0 Å². The first kappa shape index (κ1) is 13.8. The van der Waals surface area contributed by atoms with Gasteiger partial charge in [0.15, 0.2) is 0 Å². The summed E-state index contributed by atoms with van der Waals surface area (Å²) in [6, 6.07) is 16.0. The third-order valence-corrected chi connectivity index (χ3v) is 3.44. The molecular formula is C17H17ClO. The molecule has 0 saturated heterocycles. The van der Waals surface area contributed by atoms with Crippen LogP contribution in [0.4, 0.5) is 0 Å². The standard InChI is InChI=1S/C17H17ClO/c1-2-3-4-13-5-7-14(8-6-13)15-9-11-16(12-10-15)17(18)19/h5-12H,2-4H2,1H3. The first-order valence-electron chi connectivity index (χ1n) is 6.60. The van der Waals surface area contributed by atoms with E-state index in [-0.39, 0.29) is 0 Å². The Hall–Kier alpha value is -1.60. The minimum Gasteiger partial charge on any atom is -0.276 e. The van der Waals surface area contributed by atoms with Gasteiger partial charge in [0.05, 0.1) is 0 Å². The van der Waals surface area contributed by atoms with Gasteiger partial charge >= 0.3 is 0 Å². The number of halogens is 1. The zero-order chi connectivity index (χ0) is 13.7. The van der Waals surface area contributed by atoms with Crippen LogP contribution in [0.1, 0.15) is 35.7 Å². The molecule has 0 spiro atoms. The van der Waals surface area contributed by atoms with E-state index in [1.54, 1.807) is 12.1 Å². The molecule has 0 heterocycles. The third kappa shape index (κ3) is 3.68. The summed E-state index contributed by atoms with van der Waals surface area (Å²) in [4.78, 5) is 11.0. The quantitative estimate of drug-likeness (QED) is 0.694. The summed E-state index contributed by atoms with van der Waals surface area (Å²) in [5.74, 6) is 0. The van der Waals surface area contributed by atoms with Crippen LogP contribution >= 0.6 is 11.6 Å². The number of aryl methyl sites for hydroxylation is 1. The van der Waals surface area contributed by atoms with E-state index in [4.69, 9.17) is 11.6 Å². The van der Waals surface area contributed by atoms with Crippen LogP contribution in [0.2, 0.25) is 0 Å². The number of hydrogen-bond donors (Lipinski definition) is 0. The second-order valence-electron chi connectivity index (χ2n) is 4.65. The maximum Gasteiger partial charge on any atom is 0.252 e. The van der Waals surface area contributed by atoms with Gasteiger partial charge < -0.3 is 0 Å². The Bertz CT molecular complexity index is 540. The monoisotopic (exact) mass is 272 g/mol. The highest BCUT2D eigenvalue weighted by atomic mass is 35.5. The van der Waals surface area contributed by atoms with E-state index >= 15 is 0 Å². The molecule has 98 valence electrons. The Kier molecular flexibility index (Phi) is 4.75. The lowest BCUT2D eigenvalue weighted by Crippen LogP contribution is -1.88. The predicted molar refractivity (Wildman–Crippen MR) is 80.7 cm³/mol. The molecule has 0 unspecified atom stereocenters. The minimum absolute atomic E-state index is 0.415. The topological polar surface area (TPSA) is 17.1 Å². The van der Waals surface area contributed by atoms with E-state index < -0.39 is 5.24 Å². The molecule has 0 bridgehead atoms. The van der Waals surface area contributed by atoms with Crippen LogP contribution in [0.5, 0.6) is 0 Å². The summed E-state index contributed by atoms with van der Waals surface area (Å²) < 4.78 is 0. The van der Waals surface area contributed by atoms with Gasteiger partial charge in [-0.05, 0) is 53.3 Å². The summed E-state index contributed by atoms with van der Waals surface area (Å²) in [6.45, 7) is 2.20. The van der Waals surface area contributed by atoms with Gasteiger partial charge in [0.25, 0.3) is 5.24 Å². The van der Waals surface area contributed by atoms with Gasteiger partial charge in [0.1, 0.15) is 0 Å². The normalized spacial score (nSPS) is 10.4. The first-order valence-corrected chi connectivity index (χ1v) is 6.97. The molecular weight excluding hydrogens is 256 g/mol. The molecule has 0 aliphatic carbocycles. The predicted octanol–water partition coefficient (Wildman–Crippen LogP) is 5.08. The highest BCUT2D eigenvalue weighted by Gasteiger charge is 2.02. The molecule has 0 aliphatic heterocycles. The Morgan fingerprint density at radius 3 is 1.95 bits per heavy atom. The largest absolute Gasteiger partial charge is 0.276 e. The number of unbranched alkanes of at least 4 members (excludes halogenated alkanes) is 1. The zero-order valence-electron chi connectivity index (χ0n) is 11.0. The first-order chi connectivity index (χ1) is 9.20. The van der Waals surface area contributed by atoms with Crippen LogP contribution in [0.15, 0.2) is 48.5 Å². The van der Waals surface area contributed by atoms with E-state index in [9.17, 15) is 4.79 Å². The van der Waals surface area contributed by atoms with Crippen molar-refractivity contribution in [3.8, 4) is 11.1 Å². The van der Waals surface area contributed by atoms with Crippen molar-refractivity contribution in [3.05, 3.63) is 59.7 Å². The number of hydrogen-bond acceptors (Lipinski definition) is 1. The van der Waals surface area contributed by atoms with Crippen LogP contribution < -0.4 is 0 Å². The van der Waals surface area contributed by atoms with Gasteiger partial charge in [0.2, 0.25) is 0 Å². The van der Waals surface area contributed by atoms with Crippen molar-refractivity contribution in [2.24, 2.45) is 0 Å². The maximum atomic E-state index is 11.0. The van der Waals surface area contributed by atoms with Crippen molar-refractivity contribution in [2.75, 3.05) is 0 Å². The van der Waals surface area contributed by atoms with Crippen molar-refractivity contribution in [1.82, 2.24) is 0 Å². The van der Waals surface area contributed by atoms with Crippen molar-refractivity contribution in [2.45, 2.75) is 26.2 Å². The van der Waals surface area contributed by atoms with E-state index in [1.807, 2.05) is 12.1 Å². The third-order valence-electron chi connectivity index (χ3n) is 3.22. The number of carbonyl (C=O) groups is 1. The highest BCUT2D eigenvalue weighted by molar-refractivity contribution is 6.67. The zero-order valence-corrected chi connectivity index (χ0v) is 11.8. The van der Waals surface area contributed by atoms with Gasteiger partial charge in [-0.15, -0.1) is 0 Å². The summed E-state index contributed by atoms with van der Waals surface area (Å²) in [5, 5.41) is -0.415. The van der Waals surface area contributed by atoms with Crippen molar-refractivity contribution in [3.63, 3.8) is 0 Å². The van der Waals surface area contributed by atoms with E-state index in [2.05, 4.69) is 31.2 Å². The molecule has 2 aromatic carbocycles. The highest BCUT2D eigenvalue weighted by Crippen LogP contribution is 2.21. The Balaban J connectivity index is 2.15. The van der Waals surface area contributed by atoms with E-state index in [1.165, 1.54) is 18.4 Å². The average Bonchev–Trinajstić information content (AvgIpc) is 2.46. The van der Waals surface area contributed by atoms with Crippen LogP contribution in [0.25, 0.3) is 11.1 Å². The molecule has 2 rings (SSSR count). The lowest BCUT2D eigenvalue weighted by atomic mass is 10.0. The fourth-order valence-electron chi connectivity index (χ4n) is 2.04. The molecule has 0 atom stereocenters. The van der Waals surface area contributed by atoms with Gasteiger partial charge in [-0.2, -0.15) is 0 Å². The number of rotatable bonds is 5. The SMILES string of the molecule is CCCCc1ccc(-c2ccc(C(=O)Cl)cc2)cc1. The smallest absolute Gasteiger partial charge is 0.252 e. The lowest BCUT2D eigenvalue weighted by molar-refractivity contribution is 0.108. The second-order valence-corrected chi connectivity index (χ2v) is 4.99. The fourth-order valence-corrected chi connectivity index (χ4v) is 2.16. The minimum atomic E-state index is -0.415. The van der Waals surface area contributed by atoms with E-state index in [0.29, 0.717) is 5.56 Å². The van der Waals surface area contributed by atoms with Gasteiger partial charge in [0, 0.05) is 5.56 Å². The Morgan fingerprint density at radius 2 is 1.47 bits per heavy atom. The van der Waals surface area contributed by atoms with Crippen molar-refractivity contribution < 1.29 is 4.79 Å². The molecule has 0 N–H and O–H groups in total. The lowest BCUT2D eigenvalue weighted by Gasteiger charge is -2.05. The summed E-state index contributed by atoms with van der Waals surface area (Å²) >= 11 is 5.43. The van der Waals surface area contributed by atoms with E-state index in [0.717, 1.165) is 17.5 Å². The molecule has 1 nitrogen and oxygen atoms in total. The summed E-state index contributed by atoms with van der Waals surface area (Å²) in [6.07, 6.45) is 3.58. The molecule has 2 aromatic rings. The van der Waals surface area contributed by atoms with Crippen molar-refractivity contribution in [1.29, 1.82) is 0 Å². The van der Waals surface area contributed by atoms with Gasteiger partial charge in [-0.25, -0.2) is 0 Å². The number of carbonyl (C=O) groups excluding carboxylic acids is 1. The summed E-state index contributed by atoms with van der Waals surface area (Å²) in [5.41, 5.74) is 4.17. The van der Waals surface area contributed by atoms with Gasteiger partial charge in [-0.1, -0.05) is 49.7 Å². The molecule has 0 radical (unpaired) electrons. The maximum absolute atomic E-state index is 11.0. The van der Waals surface area contributed by atoms with Gasteiger partial charge in [-0.3, -0.25) is 4.79 Å². The fraction of sp³-hybridized carbons (Fsp3) is 0.235.